The third-order valence-corrected chi connectivity index (χ3v) is 4.44. The molecule has 1 N–H and O–H groups in total. The number of H-pyrrole nitrogens is 1. The zero-order valence-electron chi connectivity index (χ0n) is 15.2. The van der Waals surface area contributed by atoms with Crippen LogP contribution in [0.4, 0.5) is 4.39 Å². The number of fused-ring (bicyclic) bond motifs is 1. The van der Waals surface area contributed by atoms with Crippen LogP contribution in [-0.2, 0) is 6.61 Å². The van der Waals surface area contributed by atoms with Crippen LogP contribution in [0, 0.1) is 5.82 Å². The Bertz CT molecular complexity index is 1250. The minimum Gasteiger partial charge on any atom is -0.484 e. The Morgan fingerprint density at radius 3 is 2.62 bits per heavy atom. The second kappa shape index (κ2) is 7.20. The van der Waals surface area contributed by atoms with Crippen molar-refractivity contribution in [3.8, 4) is 28.5 Å². The van der Waals surface area contributed by atoms with Gasteiger partial charge in [0.2, 0.25) is 5.82 Å². The number of aromatic nitrogens is 4. The molecule has 0 atom stereocenters. The minimum atomic E-state index is -0.443. The van der Waals surface area contributed by atoms with Crippen molar-refractivity contribution in [2.24, 2.45) is 0 Å². The molecule has 0 aliphatic carbocycles. The molecule has 5 aromatic rings. The summed E-state index contributed by atoms with van der Waals surface area (Å²) in [5, 5.41) is 3.90. The van der Waals surface area contributed by atoms with Gasteiger partial charge in [-0.25, -0.2) is 9.37 Å². The van der Waals surface area contributed by atoms with Crippen LogP contribution in [0.25, 0.3) is 33.8 Å². The molecule has 0 amide bonds. The van der Waals surface area contributed by atoms with E-state index in [0.717, 1.165) is 16.6 Å². The lowest BCUT2D eigenvalue weighted by Gasteiger charge is -2.02. The average Bonchev–Trinajstić information content (AvgIpc) is 3.40. The number of ether oxygens (including phenoxy) is 1. The van der Waals surface area contributed by atoms with Gasteiger partial charge >= 0.3 is 0 Å². The Hall–Kier alpha value is -4.00. The van der Waals surface area contributed by atoms with Crippen molar-refractivity contribution in [2.45, 2.75) is 6.61 Å². The van der Waals surface area contributed by atoms with Crippen molar-refractivity contribution in [3.05, 3.63) is 84.5 Å². The summed E-state index contributed by atoms with van der Waals surface area (Å²) in [6.07, 6.45) is 0. The molecule has 0 spiro atoms. The molecule has 0 aliphatic heterocycles. The van der Waals surface area contributed by atoms with Crippen molar-refractivity contribution >= 4 is 11.0 Å². The predicted molar refractivity (Wildman–Crippen MR) is 106 cm³/mol. The van der Waals surface area contributed by atoms with E-state index in [2.05, 4.69) is 20.1 Å². The molecule has 0 saturated heterocycles. The summed E-state index contributed by atoms with van der Waals surface area (Å²) < 4.78 is 25.3. The van der Waals surface area contributed by atoms with Gasteiger partial charge in [0.25, 0.3) is 5.89 Å². The molecule has 2 heterocycles. The lowest BCUT2D eigenvalue weighted by molar-refractivity contribution is 0.243. The van der Waals surface area contributed by atoms with E-state index >= 15 is 0 Å². The molecular formula is C22H15FN4O2. The number of hydrogen-bond acceptors (Lipinski definition) is 5. The van der Waals surface area contributed by atoms with Gasteiger partial charge in [0.05, 0.1) is 16.6 Å². The zero-order chi connectivity index (χ0) is 19.6. The van der Waals surface area contributed by atoms with Crippen LogP contribution in [0.15, 0.2) is 77.3 Å². The summed E-state index contributed by atoms with van der Waals surface area (Å²) in [4.78, 5) is 12.0. The number of rotatable bonds is 5. The van der Waals surface area contributed by atoms with Gasteiger partial charge in [0.15, 0.2) is 6.61 Å². The van der Waals surface area contributed by atoms with Gasteiger partial charge in [0, 0.05) is 5.56 Å². The second-order valence-electron chi connectivity index (χ2n) is 6.41. The van der Waals surface area contributed by atoms with Gasteiger partial charge in [-0.15, -0.1) is 0 Å². The lowest BCUT2D eigenvalue weighted by atomic mass is 10.1. The van der Waals surface area contributed by atoms with Gasteiger partial charge in [-0.2, -0.15) is 4.98 Å². The highest BCUT2D eigenvalue weighted by molar-refractivity contribution is 5.80. The van der Waals surface area contributed by atoms with Gasteiger partial charge in [-0.3, -0.25) is 0 Å². The quantitative estimate of drug-likeness (QED) is 0.460. The Balaban J connectivity index is 1.42. The van der Waals surface area contributed by atoms with Gasteiger partial charge in [-0.1, -0.05) is 35.5 Å². The predicted octanol–water partition coefficient (Wildman–Crippen LogP) is 5.00. The second-order valence-corrected chi connectivity index (χ2v) is 6.41. The number of aromatic amines is 1. The molecule has 0 unspecified atom stereocenters. The highest BCUT2D eigenvalue weighted by Crippen LogP contribution is 2.27. The van der Waals surface area contributed by atoms with Crippen molar-refractivity contribution in [2.75, 3.05) is 0 Å². The maximum Gasteiger partial charge on any atom is 0.264 e. The van der Waals surface area contributed by atoms with Crippen LogP contribution in [-0.4, -0.2) is 20.1 Å². The van der Waals surface area contributed by atoms with E-state index < -0.39 is 5.82 Å². The van der Waals surface area contributed by atoms with Crippen molar-refractivity contribution < 1.29 is 13.7 Å². The van der Waals surface area contributed by atoms with E-state index in [1.807, 2.05) is 54.6 Å². The van der Waals surface area contributed by atoms with Gasteiger partial charge in [0.1, 0.15) is 17.4 Å². The topological polar surface area (TPSA) is 76.8 Å². The first-order valence-electron chi connectivity index (χ1n) is 9.02. The van der Waals surface area contributed by atoms with Crippen molar-refractivity contribution in [1.82, 2.24) is 20.1 Å². The van der Waals surface area contributed by atoms with Crippen molar-refractivity contribution in [1.29, 1.82) is 0 Å². The molecule has 5 rings (SSSR count). The average molecular weight is 386 g/mol. The summed E-state index contributed by atoms with van der Waals surface area (Å²) in [5.41, 5.74) is 2.71. The SMILES string of the molecule is Fc1ccc(-c2nc3ccccc3[nH]2)cc1-c1noc(COc2ccccc2)n1. The summed E-state index contributed by atoms with van der Waals surface area (Å²) in [5.74, 6) is 1.31. The first-order valence-corrected chi connectivity index (χ1v) is 9.02. The normalized spacial score (nSPS) is 11.1. The molecule has 0 saturated carbocycles. The largest absolute Gasteiger partial charge is 0.484 e. The lowest BCUT2D eigenvalue weighted by Crippen LogP contribution is -1.95. The van der Waals surface area contributed by atoms with E-state index in [1.165, 1.54) is 6.07 Å². The minimum absolute atomic E-state index is 0.0991. The molecule has 2 aromatic heterocycles. The monoisotopic (exact) mass is 386 g/mol. The molecule has 0 radical (unpaired) electrons. The molecule has 0 aliphatic rings. The Morgan fingerprint density at radius 1 is 0.931 bits per heavy atom. The molecule has 6 nitrogen and oxygen atoms in total. The number of para-hydroxylation sites is 3. The number of benzene rings is 3. The fraction of sp³-hybridized carbons (Fsp3) is 0.0455. The van der Waals surface area contributed by atoms with Crippen LogP contribution < -0.4 is 4.74 Å². The van der Waals surface area contributed by atoms with Crippen LogP contribution in [0.2, 0.25) is 0 Å². The fourth-order valence-electron chi connectivity index (χ4n) is 3.02. The number of nitrogens with one attached hydrogen (secondary N) is 1. The molecule has 3 aromatic carbocycles. The zero-order valence-corrected chi connectivity index (χ0v) is 15.2. The first-order chi connectivity index (χ1) is 14.3. The summed E-state index contributed by atoms with van der Waals surface area (Å²) in [7, 11) is 0. The van der Waals surface area contributed by atoms with Crippen LogP contribution in [0.1, 0.15) is 5.89 Å². The maximum absolute atomic E-state index is 14.5. The third-order valence-electron chi connectivity index (χ3n) is 4.44. The smallest absolute Gasteiger partial charge is 0.264 e. The standard InChI is InChI=1S/C22H15FN4O2/c23-17-11-10-14(21-24-18-8-4-5-9-19(18)25-21)12-16(17)22-26-20(29-27-22)13-28-15-6-2-1-3-7-15/h1-12H,13H2,(H,24,25). The van der Waals surface area contributed by atoms with E-state index in [-0.39, 0.29) is 23.9 Å². The van der Waals surface area contributed by atoms with Crippen LogP contribution in [0.3, 0.4) is 0 Å². The first kappa shape index (κ1) is 17.1. The number of halogens is 1. The molecular weight excluding hydrogens is 371 g/mol. The van der Waals surface area contributed by atoms with E-state index in [0.29, 0.717) is 11.6 Å². The Labute approximate surface area is 165 Å². The number of hydrogen-bond donors (Lipinski definition) is 1. The Kier molecular flexibility index (Phi) is 4.25. The summed E-state index contributed by atoms with van der Waals surface area (Å²) >= 11 is 0. The number of imidazole rings is 1. The molecule has 7 heteroatoms. The summed E-state index contributed by atoms with van der Waals surface area (Å²) in [6, 6.07) is 21.7. The molecule has 142 valence electrons. The molecule has 29 heavy (non-hydrogen) atoms. The van der Waals surface area contributed by atoms with Gasteiger partial charge in [-0.05, 0) is 42.5 Å². The van der Waals surface area contributed by atoms with E-state index in [4.69, 9.17) is 9.26 Å². The van der Waals surface area contributed by atoms with Crippen LogP contribution in [0.5, 0.6) is 5.75 Å². The van der Waals surface area contributed by atoms with Crippen LogP contribution >= 0.6 is 0 Å². The highest BCUT2D eigenvalue weighted by atomic mass is 19.1. The van der Waals surface area contributed by atoms with Crippen molar-refractivity contribution in [3.63, 3.8) is 0 Å². The molecule has 0 bridgehead atoms. The number of nitrogens with zero attached hydrogens (tertiary/aromatic N) is 3. The summed E-state index contributed by atoms with van der Waals surface area (Å²) in [6.45, 7) is 0.0991. The van der Waals surface area contributed by atoms with E-state index in [9.17, 15) is 4.39 Å². The maximum atomic E-state index is 14.5. The third kappa shape index (κ3) is 3.45. The molecule has 0 fully saturated rings. The Morgan fingerprint density at radius 2 is 1.76 bits per heavy atom. The highest BCUT2D eigenvalue weighted by Gasteiger charge is 2.16. The van der Waals surface area contributed by atoms with E-state index in [1.54, 1.807) is 12.1 Å². The van der Waals surface area contributed by atoms with Gasteiger partial charge < -0.3 is 14.2 Å². The fourth-order valence-corrected chi connectivity index (χ4v) is 3.02.